The average Bonchev–Trinajstić information content (AvgIpc) is 3.14. The van der Waals surface area contributed by atoms with E-state index >= 15 is 0 Å². The first-order valence-corrected chi connectivity index (χ1v) is 12.8. The quantitative estimate of drug-likeness (QED) is 0.697. The van der Waals surface area contributed by atoms with Crippen LogP contribution in [-0.2, 0) is 33.8 Å². The van der Waals surface area contributed by atoms with Gasteiger partial charge in [-0.3, -0.25) is 4.79 Å². The van der Waals surface area contributed by atoms with Crippen molar-refractivity contribution in [2.45, 2.75) is 50.1 Å². The van der Waals surface area contributed by atoms with Crippen LogP contribution in [0.25, 0.3) is 0 Å². The zero-order valence-electron chi connectivity index (χ0n) is 17.5. The van der Waals surface area contributed by atoms with E-state index in [-0.39, 0.29) is 24.9 Å². The number of benzene rings is 1. The molecule has 4 rings (SSSR count). The lowest BCUT2D eigenvalue weighted by Crippen LogP contribution is -2.41. The number of nitrogens with one attached hydrogen (secondary N) is 1. The molecule has 1 aromatic carbocycles. The van der Waals surface area contributed by atoms with E-state index in [1.807, 2.05) is 0 Å². The van der Waals surface area contributed by atoms with E-state index in [0.29, 0.717) is 30.0 Å². The second-order valence-electron chi connectivity index (χ2n) is 8.43. The second kappa shape index (κ2) is 8.75. The van der Waals surface area contributed by atoms with E-state index in [0.717, 1.165) is 47.5 Å². The number of hydrogen-bond acceptors (Lipinski definition) is 5. The number of thiazole rings is 1. The first-order chi connectivity index (χ1) is 15.0. The van der Waals surface area contributed by atoms with Crippen LogP contribution in [0.2, 0.25) is 0 Å². The van der Waals surface area contributed by atoms with Crippen molar-refractivity contribution in [3.8, 4) is 0 Å². The number of halogens is 3. The first-order valence-electron chi connectivity index (χ1n) is 10.5. The van der Waals surface area contributed by atoms with Gasteiger partial charge in [-0.2, -0.15) is 17.5 Å². The monoisotopic (exact) mass is 487 g/mol. The fourth-order valence-corrected chi connectivity index (χ4v) is 6.83. The fraction of sp³-hybridized carbons (Fsp3) is 0.524. The van der Waals surface area contributed by atoms with E-state index in [9.17, 15) is 26.4 Å². The zero-order chi connectivity index (χ0) is 23.1. The summed E-state index contributed by atoms with van der Waals surface area (Å²) in [7, 11) is -4.07. The van der Waals surface area contributed by atoms with Gasteiger partial charge in [0.1, 0.15) is 0 Å². The number of carbonyl (C=O) groups is 1. The number of anilines is 1. The fourth-order valence-electron chi connectivity index (χ4n) is 4.14. The molecule has 32 heavy (non-hydrogen) atoms. The molecule has 1 saturated heterocycles. The summed E-state index contributed by atoms with van der Waals surface area (Å²) < 4.78 is 65.7. The van der Waals surface area contributed by atoms with Gasteiger partial charge in [0.05, 0.1) is 16.2 Å². The number of aryl methyl sites for hydroxylation is 1. The van der Waals surface area contributed by atoms with Crippen LogP contribution in [-0.4, -0.2) is 36.7 Å². The molecule has 1 aromatic heterocycles. The van der Waals surface area contributed by atoms with Gasteiger partial charge in [-0.1, -0.05) is 13.0 Å². The van der Waals surface area contributed by atoms with Crippen molar-refractivity contribution in [2.75, 3.05) is 18.4 Å². The standard InChI is InChI=1S/C21H24F3N3O3S2/c1-13-5-6-17-18(11-13)31-20(25-17)26-19(28)14-7-9-27(10-8-14)32(29,30)16-4-2-3-15(12-16)21(22,23)24/h2-4,12-14H,5-11H2,1H3,(H,25,26,28). The summed E-state index contributed by atoms with van der Waals surface area (Å²) >= 11 is 1.50. The molecule has 11 heteroatoms. The minimum absolute atomic E-state index is 0.0720. The minimum atomic E-state index is -4.62. The molecule has 2 heterocycles. The Bertz CT molecular complexity index is 1110. The number of amides is 1. The summed E-state index contributed by atoms with van der Waals surface area (Å²) in [5.74, 6) is 0.0395. The van der Waals surface area contributed by atoms with E-state index in [1.165, 1.54) is 16.2 Å². The van der Waals surface area contributed by atoms with Crippen molar-refractivity contribution >= 4 is 32.4 Å². The van der Waals surface area contributed by atoms with Crippen LogP contribution >= 0.6 is 11.3 Å². The summed E-state index contributed by atoms with van der Waals surface area (Å²) in [6, 6.07) is 3.74. The number of sulfonamides is 1. The number of rotatable bonds is 4. The van der Waals surface area contributed by atoms with Crippen LogP contribution < -0.4 is 5.32 Å². The molecule has 1 atom stereocenters. The van der Waals surface area contributed by atoms with Crippen LogP contribution in [0.1, 0.15) is 42.3 Å². The smallest absolute Gasteiger partial charge is 0.302 e. The maximum Gasteiger partial charge on any atom is 0.416 e. The molecule has 0 saturated carbocycles. The maximum absolute atomic E-state index is 13.0. The molecule has 0 bridgehead atoms. The highest BCUT2D eigenvalue weighted by Crippen LogP contribution is 2.34. The summed E-state index contributed by atoms with van der Waals surface area (Å²) in [4.78, 5) is 18.0. The minimum Gasteiger partial charge on any atom is -0.302 e. The SMILES string of the molecule is CC1CCc2nc(NC(=O)C3CCN(S(=O)(=O)c4cccc(C(F)(F)F)c4)CC3)sc2C1. The second-order valence-corrected chi connectivity index (χ2v) is 11.5. The van der Waals surface area contributed by atoms with Crippen LogP contribution in [0.4, 0.5) is 18.3 Å². The van der Waals surface area contributed by atoms with Crippen LogP contribution in [0.3, 0.4) is 0 Å². The van der Waals surface area contributed by atoms with Crippen molar-refractivity contribution < 1.29 is 26.4 Å². The van der Waals surface area contributed by atoms with E-state index in [2.05, 4.69) is 17.2 Å². The third kappa shape index (κ3) is 4.84. The molecule has 1 aliphatic heterocycles. The number of piperidine rings is 1. The van der Waals surface area contributed by atoms with Gasteiger partial charge in [0, 0.05) is 23.9 Å². The maximum atomic E-state index is 13.0. The Labute approximate surface area is 188 Å². The summed E-state index contributed by atoms with van der Waals surface area (Å²) in [5.41, 5.74) is 0.0405. The molecule has 1 unspecified atom stereocenters. The molecule has 2 aromatic rings. The lowest BCUT2D eigenvalue weighted by atomic mass is 9.93. The van der Waals surface area contributed by atoms with Crippen LogP contribution in [0, 0.1) is 11.8 Å². The molecular formula is C21H24F3N3O3S2. The Hall–Kier alpha value is -1.98. The van der Waals surface area contributed by atoms with Crippen LogP contribution in [0.15, 0.2) is 29.2 Å². The highest BCUT2D eigenvalue weighted by molar-refractivity contribution is 7.89. The molecular weight excluding hydrogens is 463 g/mol. The topological polar surface area (TPSA) is 79.4 Å². The number of hydrogen-bond donors (Lipinski definition) is 1. The average molecular weight is 488 g/mol. The van der Waals surface area contributed by atoms with Crippen LogP contribution in [0.5, 0.6) is 0 Å². The molecule has 174 valence electrons. The molecule has 1 aliphatic carbocycles. The van der Waals surface area contributed by atoms with Crippen molar-refractivity contribution in [1.82, 2.24) is 9.29 Å². The third-order valence-corrected chi connectivity index (χ3v) is 8.97. The molecule has 1 amide bonds. The van der Waals surface area contributed by atoms with Crippen molar-refractivity contribution in [3.05, 3.63) is 40.4 Å². The Morgan fingerprint density at radius 1 is 1.22 bits per heavy atom. The van der Waals surface area contributed by atoms with Gasteiger partial charge in [-0.25, -0.2) is 13.4 Å². The molecule has 0 radical (unpaired) electrons. The predicted molar refractivity (Wildman–Crippen MR) is 115 cm³/mol. The van der Waals surface area contributed by atoms with Gasteiger partial charge in [-0.15, -0.1) is 11.3 Å². The Morgan fingerprint density at radius 3 is 2.62 bits per heavy atom. The molecule has 6 nitrogen and oxygen atoms in total. The number of carbonyl (C=O) groups excluding carboxylic acids is 1. The van der Waals surface area contributed by atoms with Gasteiger partial charge in [0.2, 0.25) is 15.9 Å². The number of nitrogens with zero attached hydrogens (tertiary/aromatic N) is 2. The van der Waals surface area contributed by atoms with E-state index < -0.39 is 26.7 Å². The Balaban J connectivity index is 1.38. The van der Waals surface area contributed by atoms with Gasteiger partial charge in [0.15, 0.2) is 5.13 Å². The molecule has 1 N–H and O–H groups in total. The van der Waals surface area contributed by atoms with Gasteiger partial charge in [0.25, 0.3) is 0 Å². The van der Waals surface area contributed by atoms with E-state index in [4.69, 9.17) is 0 Å². The highest BCUT2D eigenvalue weighted by Gasteiger charge is 2.35. The van der Waals surface area contributed by atoms with Crippen molar-refractivity contribution in [3.63, 3.8) is 0 Å². The lowest BCUT2D eigenvalue weighted by Gasteiger charge is -2.30. The van der Waals surface area contributed by atoms with Gasteiger partial charge in [-0.05, 0) is 56.2 Å². The summed E-state index contributed by atoms with van der Waals surface area (Å²) in [5, 5.41) is 3.45. The van der Waals surface area contributed by atoms with E-state index in [1.54, 1.807) is 0 Å². The van der Waals surface area contributed by atoms with Gasteiger partial charge < -0.3 is 5.32 Å². The Kier molecular flexibility index (Phi) is 6.34. The number of alkyl halides is 3. The number of fused-ring (bicyclic) bond motifs is 1. The highest BCUT2D eigenvalue weighted by atomic mass is 32.2. The number of aromatic nitrogens is 1. The third-order valence-electron chi connectivity index (χ3n) is 6.04. The van der Waals surface area contributed by atoms with Crippen molar-refractivity contribution in [1.29, 1.82) is 0 Å². The molecule has 1 fully saturated rings. The lowest BCUT2D eigenvalue weighted by molar-refractivity contribution is -0.137. The largest absolute Gasteiger partial charge is 0.416 e. The van der Waals surface area contributed by atoms with Crippen molar-refractivity contribution in [2.24, 2.45) is 11.8 Å². The first kappa shape index (κ1) is 23.2. The predicted octanol–water partition coefficient (Wildman–Crippen LogP) is 4.33. The molecule has 0 spiro atoms. The summed E-state index contributed by atoms with van der Waals surface area (Å²) in [6.45, 7) is 2.34. The Morgan fingerprint density at radius 2 is 1.94 bits per heavy atom. The zero-order valence-corrected chi connectivity index (χ0v) is 19.1. The van der Waals surface area contributed by atoms with Gasteiger partial charge >= 0.3 is 6.18 Å². The summed E-state index contributed by atoms with van der Waals surface area (Å²) in [6.07, 6.45) is -1.06. The normalized spacial score (nSPS) is 20.7. The molecule has 2 aliphatic rings.